The molecule has 7 heteroatoms. The van der Waals surface area contributed by atoms with Crippen LogP contribution in [0.2, 0.25) is 0 Å². The molecular weight excluding hydrogens is 272 g/mol. The number of hydrogen-bond donors (Lipinski definition) is 1. The summed E-state index contributed by atoms with van der Waals surface area (Å²) in [5, 5.41) is 0. The fraction of sp³-hybridized carbons (Fsp3) is 1.00. The van der Waals surface area contributed by atoms with E-state index in [1.54, 1.807) is 14.2 Å². The average Bonchev–Trinajstić information content (AvgIpc) is 2.37. The molecule has 0 saturated heterocycles. The average molecular weight is 298 g/mol. The minimum Gasteiger partial charge on any atom is -0.420 e. The Morgan fingerprint density at radius 2 is 1.72 bits per heavy atom. The molecule has 0 aromatic rings. The zero-order valence-electron chi connectivity index (χ0n) is 11.8. The number of thiol groups is 1. The molecule has 0 heterocycles. The monoisotopic (exact) mass is 298 g/mol. The first-order valence-electron chi connectivity index (χ1n) is 6.14. The van der Waals surface area contributed by atoms with Crippen molar-refractivity contribution < 1.29 is 23.4 Å². The van der Waals surface area contributed by atoms with Gasteiger partial charge in [0.2, 0.25) is 9.76 Å². The molecule has 0 aliphatic carbocycles. The Morgan fingerprint density at radius 3 is 2.28 bits per heavy atom. The standard InChI is InChI=1S/C11H26O5SSi/c1-5-16-18-11(17,15-9-7-13-4)10(2)14-8-6-12-3/h10,17H,5-9,18H2,1-4H3. The first-order chi connectivity index (χ1) is 8.60. The van der Waals surface area contributed by atoms with Gasteiger partial charge in [-0.05, 0) is 13.8 Å². The topological polar surface area (TPSA) is 46.2 Å². The van der Waals surface area contributed by atoms with Gasteiger partial charge in [-0.1, -0.05) is 0 Å². The molecule has 0 aliphatic heterocycles. The van der Waals surface area contributed by atoms with Gasteiger partial charge in [0.15, 0.2) is 0 Å². The molecule has 2 atom stereocenters. The lowest BCUT2D eigenvalue weighted by Crippen LogP contribution is -2.47. The van der Waals surface area contributed by atoms with Crippen LogP contribution in [-0.4, -0.2) is 67.7 Å². The van der Waals surface area contributed by atoms with E-state index < -0.39 is 14.3 Å². The highest BCUT2D eigenvalue weighted by Gasteiger charge is 2.35. The van der Waals surface area contributed by atoms with Crippen molar-refractivity contribution in [1.29, 1.82) is 0 Å². The summed E-state index contributed by atoms with van der Waals surface area (Å²) in [5.74, 6) is 0. The highest BCUT2D eigenvalue weighted by Crippen LogP contribution is 2.23. The molecule has 0 spiro atoms. The number of methoxy groups -OCH3 is 2. The van der Waals surface area contributed by atoms with Crippen LogP contribution in [0, 0.1) is 0 Å². The first-order valence-corrected chi connectivity index (χ1v) is 7.87. The fourth-order valence-electron chi connectivity index (χ4n) is 1.26. The SMILES string of the molecule is CCO[SiH2]C(S)(OCCOC)C(C)OCCOC. The Bertz CT molecular complexity index is 198. The summed E-state index contributed by atoms with van der Waals surface area (Å²) in [6, 6.07) is 0. The molecule has 5 nitrogen and oxygen atoms in total. The van der Waals surface area contributed by atoms with Crippen molar-refractivity contribution in [3.8, 4) is 0 Å². The number of rotatable bonds is 12. The van der Waals surface area contributed by atoms with Crippen LogP contribution in [0.15, 0.2) is 0 Å². The van der Waals surface area contributed by atoms with E-state index in [9.17, 15) is 0 Å². The van der Waals surface area contributed by atoms with Crippen molar-refractivity contribution in [3.63, 3.8) is 0 Å². The van der Waals surface area contributed by atoms with Crippen LogP contribution in [0.3, 0.4) is 0 Å². The lowest BCUT2D eigenvalue weighted by Gasteiger charge is -2.33. The van der Waals surface area contributed by atoms with Gasteiger partial charge < -0.3 is 23.4 Å². The molecule has 0 fully saturated rings. The lowest BCUT2D eigenvalue weighted by molar-refractivity contribution is -0.0699. The molecule has 0 aromatic heterocycles. The Hall–Kier alpha value is 0.367. The van der Waals surface area contributed by atoms with Gasteiger partial charge in [-0.15, -0.1) is 12.6 Å². The highest BCUT2D eigenvalue weighted by molar-refractivity contribution is 7.83. The van der Waals surface area contributed by atoms with Crippen molar-refractivity contribution in [2.45, 2.75) is 24.5 Å². The summed E-state index contributed by atoms with van der Waals surface area (Å²) >= 11 is 4.62. The molecule has 0 amide bonds. The summed E-state index contributed by atoms with van der Waals surface area (Å²) in [6.45, 7) is 6.68. The minimum atomic E-state index is -0.960. The molecule has 0 rings (SSSR count). The van der Waals surface area contributed by atoms with Crippen LogP contribution < -0.4 is 0 Å². The molecule has 0 aromatic carbocycles. The summed E-state index contributed by atoms with van der Waals surface area (Å²) < 4.78 is 26.3. The summed E-state index contributed by atoms with van der Waals surface area (Å²) in [5.41, 5.74) is 0. The lowest BCUT2D eigenvalue weighted by atomic mass is 10.4. The number of ether oxygens (including phenoxy) is 4. The second-order valence-corrected chi connectivity index (χ2v) is 6.93. The van der Waals surface area contributed by atoms with Gasteiger partial charge in [0.05, 0.1) is 32.5 Å². The molecule has 110 valence electrons. The summed E-state index contributed by atoms with van der Waals surface area (Å²) in [4.78, 5) is 0. The number of hydrogen-bond acceptors (Lipinski definition) is 6. The molecule has 2 unspecified atom stereocenters. The van der Waals surface area contributed by atoms with Gasteiger partial charge in [0.1, 0.15) is 4.56 Å². The second-order valence-electron chi connectivity index (χ2n) is 3.83. The van der Waals surface area contributed by atoms with Gasteiger partial charge in [-0.3, -0.25) is 0 Å². The van der Waals surface area contributed by atoms with Crippen LogP contribution in [0.4, 0.5) is 0 Å². The Morgan fingerprint density at radius 1 is 1.11 bits per heavy atom. The fourth-order valence-corrected chi connectivity index (χ4v) is 2.78. The largest absolute Gasteiger partial charge is 0.420 e. The van der Waals surface area contributed by atoms with E-state index in [2.05, 4.69) is 12.6 Å². The smallest absolute Gasteiger partial charge is 0.210 e. The van der Waals surface area contributed by atoms with Crippen molar-refractivity contribution in [2.24, 2.45) is 0 Å². The first kappa shape index (κ1) is 18.4. The van der Waals surface area contributed by atoms with E-state index in [1.807, 2.05) is 13.8 Å². The van der Waals surface area contributed by atoms with Crippen LogP contribution in [-0.2, 0) is 23.4 Å². The van der Waals surface area contributed by atoms with Crippen LogP contribution in [0.5, 0.6) is 0 Å². The normalized spacial score (nSPS) is 17.2. The van der Waals surface area contributed by atoms with Gasteiger partial charge in [0.25, 0.3) is 0 Å². The Labute approximate surface area is 118 Å². The van der Waals surface area contributed by atoms with E-state index in [1.165, 1.54) is 0 Å². The van der Waals surface area contributed by atoms with Crippen LogP contribution in [0.1, 0.15) is 13.8 Å². The minimum absolute atomic E-state index is 0.147. The van der Waals surface area contributed by atoms with E-state index >= 15 is 0 Å². The predicted molar refractivity (Wildman–Crippen MR) is 77.0 cm³/mol. The molecule has 18 heavy (non-hydrogen) atoms. The predicted octanol–water partition coefficient (Wildman–Crippen LogP) is 0.405. The zero-order valence-corrected chi connectivity index (χ0v) is 14.1. The van der Waals surface area contributed by atoms with Gasteiger partial charge >= 0.3 is 0 Å². The van der Waals surface area contributed by atoms with Gasteiger partial charge in [-0.2, -0.15) is 0 Å². The third kappa shape index (κ3) is 7.73. The van der Waals surface area contributed by atoms with Gasteiger partial charge in [0, 0.05) is 20.8 Å². The molecule has 0 bridgehead atoms. The van der Waals surface area contributed by atoms with Crippen molar-refractivity contribution in [1.82, 2.24) is 0 Å². The molecule has 0 N–H and O–H groups in total. The van der Waals surface area contributed by atoms with Crippen molar-refractivity contribution in [3.05, 3.63) is 0 Å². The quantitative estimate of drug-likeness (QED) is 0.245. The third-order valence-electron chi connectivity index (χ3n) is 2.44. The summed E-state index contributed by atoms with van der Waals surface area (Å²) in [6.07, 6.45) is -0.147. The Kier molecular flexibility index (Phi) is 11.4. The van der Waals surface area contributed by atoms with E-state index in [-0.39, 0.29) is 6.10 Å². The molecule has 0 saturated carbocycles. The molecular formula is C11H26O5SSi. The maximum Gasteiger partial charge on any atom is 0.210 e. The van der Waals surface area contributed by atoms with Crippen LogP contribution in [0.25, 0.3) is 0 Å². The molecule has 0 radical (unpaired) electrons. The van der Waals surface area contributed by atoms with Crippen molar-refractivity contribution >= 4 is 22.4 Å². The molecule has 0 aliphatic rings. The van der Waals surface area contributed by atoms with Crippen molar-refractivity contribution in [2.75, 3.05) is 47.3 Å². The summed E-state index contributed by atoms with van der Waals surface area (Å²) in [7, 11) is 2.33. The van der Waals surface area contributed by atoms with E-state index in [4.69, 9.17) is 23.4 Å². The third-order valence-corrected chi connectivity index (χ3v) is 5.13. The highest BCUT2D eigenvalue weighted by atomic mass is 32.1. The maximum absolute atomic E-state index is 5.77. The van der Waals surface area contributed by atoms with E-state index in [0.717, 1.165) is 0 Å². The van der Waals surface area contributed by atoms with Crippen LogP contribution >= 0.6 is 12.6 Å². The zero-order chi connectivity index (χ0) is 13.9. The maximum atomic E-state index is 5.77. The van der Waals surface area contributed by atoms with Gasteiger partial charge in [-0.25, -0.2) is 0 Å². The Balaban J connectivity index is 4.23. The second kappa shape index (κ2) is 11.2. The van der Waals surface area contributed by atoms with E-state index in [0.29, 0.717) is 33.0 Å².